The molecular formula is C22H23N3O3. The largest absolute Gasteiger partial charge is 0.493 e. The number of likely N-dealkylation sites (tertiary alicyclic amines) is 1. The first-order valence-electron chi connectivity index (χ1n) is 9.63. The molecule has 1 fully saturated rings. The standard InChI is InChI=1S/C22H23N3O3/c1-15-23-18-7-3-4-8-19(18)25(15)11-21(27)24-10-17-16-6-2-5-9-20(16)28-14-22(17,12-24)13-26/h2-9,17,26H,10-14H2,1H3/t17-,22-/m1/s1. The number of ether oxygens (including phenoxy) is 1. The number of aliphatic hydroxyl groups excluding tert-OH is 1. The Morgan fingerprint density at radius 3 is 2.89 bits per heavy atom. The van der Waals surface area contributed by atoms with Crippen LogP contribution in [0, 0.1) is 12.3 Å². The predicted octanol–water partition coefficient (Wildman–Crippen LogP) is 2.34. The minimum atomic E-state index is -0.434. The third kappa shape index (κ3) is 2.52. The number of nitrogens with zero attached hydrogens (tertiary/aromatic N) is 3. The monoisotopic (exact) mass is 377 g/mol. The summed E-state index contributed by atoms with van der Waals surface area (Å²) in [5, 5.41) is 10.2. The highest BCUT2D eigenvalue weighted by Crippen LogP contribution is 2.49. The maximum Gasteiger partial charge on any atom is 0.242 e. The second-order valence-electron chi connectivity index (χ2n) is 7.91. The predicted molar refractivity (Wildman–Crippen MR) is 105 cm³/mol. The fourth-order valence-corrected chi connectivity index (χ4v) is 4.69. The van der Waals surface area contributed by atoms with Crippen LogP contribution in [0.3, 0.4) is 0 Å². The zero-order chi connectivity index (χ0) is 19.3. The number of benzene rings is 2. The molecule has 2 aromatic carbocycles. The average molecular weight is 377 g/mol. The molecule has 0 saturated carbocycles. The first-order valence-corrected chi connectivity index (χ1v) is 9.63. The summed E-state index contributed by atoms with van der Waals surface area (Å²) in [6, 6.07) is 15.8. The number of aliphatic hydroxyl groups is 1. The van der Waals surface area contributed by atoms with Crippen molar-refractivity contribution >= 4 is 16.9 Å². The van der Waals surface area contributed by atoms with Crippen molar-refractivity contribution in [1.29, 1.82) is 0 Å². The number of aryl methyl sites for hydroxylation is 1. The van der Waals surface area contributed by atoms with Gasteiger partial charge in [0, 0.05) is 19.0 Å². The highest BCUT2D eigenvalue weighted by molar-refractivity contribution is 5.81. The molecule has 1 N–H and O–H groups in total. The van der Waals surface area contributed by atoms with Crippen molar-refractivity contribution in [2.45, 2.75) is 19.4 Å². The smallest absolute Gasteiger partial charge is 0.242 e. The molecule has 5 rings (SSSR count). The molecule has 0 unspecified atom stereocenters. The Hall–Kier alpha value is -2.86. The first kappa shape index (κ1) is 17.3. The van der Waals surface area contributed by atoms with Gasteiger partial charge < -0.3 is 19.3 Å². The average Bonchev–Trinajstić information content (AvgIpc) is 3.27. The second-order valence-corrected chi connectivity index (χ2v) is 7.91. The highest BCUT2D eigenvalue weighted by Gasteiger charge is 2.52. The Kier molecular flexibility index (Phi) is 3.91. The van der Waals surface area contributed by atoms with Gasteiger partial charge in [-0.3, -0.25) is 4.79 Å². The summed E-state index contributed by atoms with van der Waals surface area (Å²) in [6.45, 7) is 3.72. The van der Waals surface area contributed by atoms with Gasteiger partial charge >= 0.3 is 0 Å². The Morgan fingerprint density at radius 2 is 2.04 bits per heavy atom. The molecule has 1 aromatic heterocycles. The van der Waals surface area contributed by atoms with E-state index >= 15 is 0 Å². The summed E-state index contributed by atoms with van der Waals surface area (Å²) in [4.78, 5) is 19.6. The maximum absolute atomic E-state index is 13.2. The van der Waals surface area contributed by atoms with Crippen molar-refractivity contribution in [3.05, 3.63) is 59.9 Å². The van der Waals surface area contributed by atoms with E-state index in [-0.39, 0.29) is 25.0 Å². The lowest BCUT2D eigenvalue weighted by molar-refractivity contribution is -0.131. The lowest BCUT2D eigenvalue weighted by atomic mass is 9.74. The number of para-hydroxylation sites is 3. The molecule has 0 radical (unpaired) electrons. The highest BCUT2D eigenvalue weighted by atomic mass is 16.5. The minimum absolute atomic E-state index is 0.00279. The van der Waals surface area contributed by atoms with E-state index in [0.717, 1.165) is 28.2 Å². The fraction of sp³-hybridized carbons (Fsp3) is 0.364. The van der Waals surface area contributed by atoms with Crippen LogP contribution >= 0.6 is 0 Å². The van der Waals surface area contributed by atoms with E-state index < -0.39 is 5.41 Å². The fourth-order valence-electron chi connectivity index (χ4n) is 4.69. The lowest BCUT2D eigenvalue weighted by Gasteiger charge is -2.37. The SMILES string of the molecule is Cc1nc2ccccc2n1CC(=O)N1C[C@@H]2c3ccccc3OC[C@]2(CO)C1. The number of imidazole rings is 1. The minimum Gasteiger partial charge on any atom is -0.493 e. The Morgan fingerprint density at radius 1 is 1.25 bits per heavy atom. The quantitative estimate of drug-likeness (QED) is 0.761. The van der Waals surface area contributed by atoms with Crippen LogP contribution in [0.25, 0.3) is 11.0 Å². The number of hydrogen-bond donors (Lipinski definition) is 1. The molecule has 2 aliphatic heterocycles. The van der Waals surface area contributed by atoms with Crippen LogP contribution in [-0.2, 0) is 11.3 Å². The zero-order valence-electron chi connectivity index (χ0n) is 15.8. The number of carbonyl (C=O) groups is 1. The molecule has 28 heavy (non-hydrogen) atoms. The van der Waals surface area contributed by atoms with Gasteiger partial charge in [-0.1, -0.05) is 30.3 Å². The van der Waals surface area contributed by atoms with Gasteiger partial charge in [0.05, 0.1) is 29.7 Å². The van der Waals surface area contributed by atoms with E-state index in [4.69, 9.17) is 4.74 Å². The van der Waals surface area contributed by atoms with Gasteiger partial charge in [-0.15, -0.1) is 0 Å². The number of rotatable bonds is 3. The van der Waals surface area contributed by atoms with Gasteiger partial charge in [0.2, 0.25) is 5.91 Å². The molecule has 6 heteroatoms. The van der Waals surface area contributed by atoms with Crippen molar-refractivity contribution in [2.24, 2.45) is 5.41 Å². The number of aromatic nitrogens is 2. The molecule has 1 amide bonds. The van der Waals surface area contributed by atoms with Crippen molar-refractivity contribution in [1.82, 2.24) is 14.5 Å². The third-order valence-electron chi connectivity index (χ3n) is 6.26. The second kappa shape index (κ2) is 6.34. The van der Waals surface area contributed by atoms with Gasteiger partial charge in [-0.25, -0.2) is 4.98 Å². The van der Waals surface area contributed by atoms with E-state index in [0.29, 0.717) is 19.7 Å². The molecule has 2 atom stereocenters. The van der Waals surface area contributed by atoms with Gasteiger partial charge in [0.25, 0.3) is 0 Å². The Bertz CT molecular complexity index is 1060. The van der Waals surface area contributed by atoms with Crippen LogP contribution in [0.5, 0.6) is 5.75 Å². The number of hydrogen-bond acceptors (Lipinski definition) is 4. The molecule has 3 aromatic rings. The van der Waals surface area contributed by atoms with Crippen molar-refractivity contribution in [2.75, 3.05) is 26.3 Å². The third-order valence-corrected chi connectivity index (χ3v) is 6.26. The molecule has 0 aliphatic carbocycles. The molecule has 1 saturated heterocycles. The number of fused-ring (bicyclic) bond motifs is 4. The van der Waals surface area contributed by atoms with Crippen LogP contribution in [0.1, 0.15) is 17.3 Å². The zero-order valence-corrected chi connectivity index (χ0v) is 15.8. The molecule has 144 valence electrons. The summed E-state index contributed by atoms with van der Waals surface area (Å²) in [5.74, 6) is 1.83. The molecule has 0 spiro atoms. The summed E-state index contributed by atoms with van der Waals surface area (Å²) in [6.07, 6.45) is 0. The van der Waals surface area contributed by atoms with Gasteiger partial charge in [-0.2, -0.15) is 0 Å². The van der Waals surface area contributed by atoms with Crippen LogP contribution in [0.2, 0.25) is 0 Å². The van der Waals surface area contributed by atoms with Gasteiger partial charge in [-0.05, 0) is 30.7 Å². The summed E-state index contributed by atoms with van der Waals surface area (Å²) >= 11 is 0. The van der Waals surface area contributed by atoms with Crippen LogP contribution < -0.4 is 4.74 Å². The molecule has 2 aliphatic rings. The number of carbonyl (C=O) groups excluding carboxylic acids is 1. The van der Waals surface area contributed by atoms with E-state index in [1.165, 1.54) is 0 Å². The molecular weight excluding hydrogens is 354 g/mol. The first-order chi connectivity index (χ1) is 13.6. The topological polar surface area (TPSA) is 67.6 Å². The molecule has 3 heterocycles. The summed E-state index contributed by atoms with van der Waals surface area (Å²) < 4.78 is 7.90. The Labute approximate surface area is 163 Å². The molecule has 0 bridgehead atoms. The summed E-state index contributed by atoms with van der Waals surface area (Å²) in [5.41, 5.74) is 2.52. The molecule has 6 nitrogen and oxygen atoms in total. The van der Waals surface area contributed by atoms with Crippen LogP contribution in [-0.4, -0.2) is 51.8 Å². The van der Waals surface area contributed by atoms with E-state index in [2.05, 4.69) is 4.98 Å². The van der Waals surface area contributed by atoms with Crippen LogP contribution in [0.15, 0.2) is 48.5 Å². The maximum atomic E-state index is 13.2. The van der Waals surface area contributed by atoms with Gasteiger partial charge in [0.15, 0.2) is 0 Å². The van der Waals surface area contributed by atoms with Crippen LogP contribution in [0.4, 0.5) is 0 Å². The normalized spacial score (nSPS) is 23.4. The van der Waals surface area contributed by atoms with E-state index in [9.17, 15) is 9.90 Å². The van der Waals surface area contributed by atoms with Gasteiger partial charge in [0.1, 0.15) is 18.1 Å². The Balaban J connectivity index is 1.43. The van der Waals surface area contributed by atoms with Crippen molar-refractivity contribution in [3.8, 4) is 5.75 Å². The summed E-state index contributed by atoms with van der Waals surface area (Å²) in [7, 11) is 0. The van der Waals surface area contributed by atoms with E-state index in [1.54, 1.807) is 0 Å². The van der Waals surface area contributed by atoms with Crippen molar-refractivity contribution < 1.29 is 14.6 Å². The number of amides is 1. The van der Waals surface area contributed by atoms with E-state index in [1.807, 2.05) is 64.9 Å². The lowest BCUT2D eigenvalue weighted by Crippen LogP contribution is -2.42. The van der Waals surface area contributed by atoms with Crippen molar-refractivity contribution in [3.63, 3.8) is 0 Å².